The van der Waals surface area contributed by atoms with E-state index in [1.165, 1.54) is 62.4 Å². The molecule has 0 aliphatic rings. The van der Waals surface area contributed by atoms with E-state index in [1.807, 2.05) is 11.5 Å². The molecule has 7 heteroatoms. The van der Waals surface area contributed by atoms with E-state index >= 15 is 0 Å². The summed E-state index contributed by atoms with van der Waals surface area (Å²) in [7, 11) is 1.63. The summed E-state index contributed by atoms with van der Waals surface area (Å²) in [5.41, 5.74) is 1.00. The summed E-state index contributed by atoms with van der Waals surface area (Å²) < 4.78 is 3.28. The topological polar surface area (TPSA) is 72.7 Å². The lowest BCUT2D eigenvalue weighted by atomic mass is 10.1. The molecule has 0 atom stereocenters. The van der Waals surface area contributed by atoms with E-state index in [1.54, 1.807) is 18.8 Å². The van der Waals surface area contributed by atoms with Crippen molar-refractivity contribution in [1.29, 1.82) is 0 Å². The Labute approximate surface area is 177 Å². The van der Waals surface area contributed by atoms with Crippen LogP contribution in [0.15, 0.2) is 26.9 Å². The number of unbranched alkanes of at least 4 members (excludes halogenated alkanes) is 9. The summed E-state index contributed by atoms with van der Waals surface area (Å²) in [5.74, 6) is 0.960. The number of aromatic amines is 1. The standard InChI is InChI=1S/C22H36N4O2S/c1-5-6-7-8-9-10-11-12-13-14-15-29-22-23-19-18(26(22)16-17(2)3)20(27)24-21(28)25(19)4/h2,5-16H2,1,3-4H3,(H,24,27,28). The fourth-order valence-corrected chi connectivity index (χ4v) is 4.49. The molecular weight excluding hydrogens is 384 g/mol. The first-order chi connectivity index (χ1) is 14.0. The highest BCUT2D eigenvalue weighted by Gasteiger charge is 2.17. The van der Waals surface area contributed by atoms with Gasteiger partial charge in [0.05, 0.1) is 0 Å². The van der Waals surface area contributed by atoms with Gasteiger partial charge < -0.3 is 4.57 Å². The molecule has 2 rings (SSSR count). The van der Waals surface area contributed by atoms with Crippen molar-refractivity contribution in [2.45, 2.75) is 89.8 Å². The Morgan fingerprint density at radius 3 is 2.21 bits per heavy atom. The fourth-order valence-electron chi connectivity index (χ4n) is 3.49. The number of thioether (sulfide) groups is 1. The van der Waals surface area contributed by atoms with Crippen molar-refractivity contribution >= 4 is 22.9 Å². The summed E-state index contributed by atoms with van der Waals surface area (Å²) in [6.07, 6.45) is 13.1. The molecule has 29 heavy (non-hydrogen) atoms. The van der Waals surface area contributed by atoms with Crippen LogP contribution in [0.3, 0.4) is 0 Å². The normalized spacial score (nSPS) is 11.4. The minimum atomic E-state index is -0.436. The number of hydrogen-bond acceptors (Lipinski definition) is 4. The zero-order chi connectivity index (χ0) is 21.2. The molecule has 6 nitrogen and oxygen atoms in total. The SMILES string of the molecule is C=C(C)Cn1c(SCCCCCCCCCCCC)nc2c1c(=O)[nH]c(=O)n2C. The molecule has 0 unspecified atom stereocenters. The van der Waals surface area contributed by atoms with Crippen LogP contribution in [0.5, 0.6) is 0 Å². The molecule has 2 aromatic heterocycles. The quantitative estimate of drug-likeness (QED) is 0.265. The number of imidazole rings is 1. The van der Waals surface area contributed by atoms with Gasteiger partial charge >= 0.3 is 5.69 Å². The van der Waals surface area contributed by atoms with Crippen LogP contribution in [0.4, 0.5) is 0 Å². The first-order valence-corrected chi connectivity index (χ1v) is 11.9. The number of aromatic nitrogens is 4. The van der Waals surface area contributed by atoms with E-state index in [4.69, 9.17) is 0 Å². The zero-order valence-electron chi connectivity index (χ0n) is 18.3. The van der Waals surface area contributed by atoms with Crippen molar-refractivity contribution < 1.29 is 0 Å². The largest absolute Gasteiger partial charge is 0.329 e. The van der Waals surface area contributed by atoms with Crippen LogP contribution in [-0.4, -0.2) is 24.9 Å². The number of H-pyrrole nitrogens is 1. The number of rotatable bonds is 14. The van der Waals surface area contributed by atoms with Crippen molar-refractivity contribution in [2.24, 2.45) is 7.05 Å². The third kappa shape index (κ3) is 6.91. The molecule has 0 amide bonds. The van der Waals surface area contributed by atoms with Gasteiger partial charge in [-0.05, 0) is 13.3 Å². The third-order valence-corrected chi connectivity index (χ3v) is 6.19. The summed E-state index contributed by atoms with van der Waals surface area (Å²) >= 11 is 1.66. The van der Waals surface area contributed by atoms with Gasteiger partial charge in [-0.15, -0.1) is 0 Å². The molecule has 1 N–H and O–H groups in total. The highest BCUT2D eigenvalue weighted by atomic mass is 32.2. The minimum absolute atomic E-state index is 0.386. The van der Waals surface area contributed by atoms with E-state index in [0.717, 1.165) is 22.9 Å². The number of fused-ring (bicyclic) bond motifs is 1. The van der Waals surface area contributed by atoms with Gasteiger partial charge in [0.1, 0.15) is 0 Å². The molecule has 0 saturated heterocycles. The second kappa shape index (κ2) is 12.1. The van der Waals surface area contributed by atoms with Gasteiger partial charge in [-0.3, -0.25) is 14.3 Å². The van der Waals surface area contributed by atoms with Crippen molar-refractivity contribution in [3.05, 3.63) is 33.0 Å². The second-order valence-corrected chi connectivity index (χ2v) is 9.02. The lowest BCUT2D eigenvalue weighted by Crippen LogP contribution is -2.29. The van der Waals surface area contributed by atoms with Crippen LogP contribution in [0.2, 0.25) is 0 Å². The van der Waals surface area contributed by atoms with Crippen molar-refractivity contribution in [2.75, 3.05) is 5.75 Å². The predicted octanol–water partition coefficient (Wildman–Crippen LogP) is 5.01. The maximum atomic E-state index is 12.4. The number of hydrogen-bond donors (Lipinski definition) is 1. The molecule has 0 saturated carbocycles. The maximum absolute atomic E-state index is 12.4. The number of aryl methyl sites for hydroxylation is 1. The van der Waals surface area contributed by atoms with Gasteiger partial charge in [0.15, 0.2) is 16.3 Å². The van der Waals surface area contributed by atoms with Crippen molar-refractivity contribution in [1.82, 2.24) is 19.1 Å². The number of allylic oxidation sites excluding steroid dienone is 1. The van der Waals surface area contributed by atoms with Crippen LogP contribution in [-0.2, 0) is 13.6 Å². The third-order valence-electron chi connectivity index (χ3n) is 5.13. The van der Waals surface area contributed by atoms with Crippen molar-refractivity contribution in [3.63, 3.8) is 0 Å². The van der Waals surface area contributed by atoms with Gasteiger partial charge in [0.25, 0.3) is 5.56 Å². The van der Waals surface area contributed by atoms with Crippen LogP contribution < -0.4 is 11.2 Å². The molecule has 0 aliphatic heterocycles. The Balaban J connectivity index is 1.87. The Bertz CT molecular complexity index is 910. The molecule has 162 valence electrons. The maximum Gasteiger partial charge on any atom is 0.329 e. The molecule has 0 radical (unpaired) electrons. The van der Waals surface area contributed by atoms with Gasteiger partial charge in [-0.2, -0.15) is 0 Å². The molecule has 2 aromatic rings. The van der Waals surface area contributed by atoms with Gasteiger partial charge in [-0.1, -0.05) is 88.6 Å². The zero-order valence-corrected chi connectivity index (χ0v) is 19.1. The van der Waals surface area contributed by atoms with Crippen molar-refractivity contribution in [3.8, 4) is 0 Å². The lowest BCUT2D eigenvalue weighted by molar-refractivity contribution is 0.563. The average Bonchev–Trinajstić information content (AvgIpc) is 3.02. The van der Waals surface area contributed by atoms with Crippen LogP contribution in [0.1, 0.15) is 78.1 Å². The smallest absolute Gasteiger partial charge is 0.309 e. The summed E-state index contributed by atoms with van der Waals surface area (Å²) in [6, 6.07) is 0. The van der Waals surface area contributed by atoms with E-state index in [9.17, 15) is 9.59 Å². The molecule has 0 aliphatic carbocycles. The van der Waals surface area contributed by atoms with E-state index in [0.29, 0.717) is 17.7 Å². The Kier molecular flexibility index (Phi) is 9.78. The summed E-state index contributed by atoms with van der Waals surface area (Å²) in [6.45, 7) is 8.68. The van der Waals surface area contributed by atoms with Crippen LogP contribution >= 0.6 is 11.8 Å². The summed E-state index contributed by atoms with van der Waals surface area (Å²) in [4.78, 5) is 31.2. The highest BCUT2D eigenvalue weighted by molar-refractivity contribution is 7.99. The van der Waals surface area contributed by atoms with E-state index in [2.05, 4.69) is 23.5 Å². The number of nitrogens with zero attached hydrogens (tertiary/aromatic N) is 3. The predicted molar refractivity (Wildman–Crippen MR) is 123 cm³/mol. The molecule has 2 heterocycles. The monoisotopic (exact) mass is 420 g/mol. The first kappa shape index (κ1) is 23.5. The van der Waals surface area contributed by atoms with Gasteiger partial charge in [-0.25, -0.2) is 9.78 Å². The molecule has 0 bridgehead atoms. The fraction of sp³-hybridized carbons (Fsp3) is 0.682. The number of nitrogens with one attached hydrogen (secondary N) is 1. The van der Waals surface area contributed by atoms with Crippen LogP contribution in [0.25, 0.3) is 11.2 Å². The Morgan fingerprint density at radius 2 is 1.62 bits per heavy atom. The minimum Gasteiger partial charge on any atom is -0.309 e. The summed E-state index contributed by atoms with van der Waals surface area (Å²) in [5, 5.41) is 0.783. The Hall–Kier alpha value is -1.76. The first-order valence-electron chi connectivity index (χ1n) is 10.9. The van der Waals surface area contributed by atoms with Crippen LogP contribution in [0, 0.1) is 0 Å². The highest BCUT2D eigenvalue weighted by Crippen LogP contribution is 2.24. The second-order valence-electron chi connectivity index (χ2n) is 7.96. The molecule has 0 spiro atoms. The van der Waals surface area contributed by atoms with Gasteiger partial charge in [0.2, 0.25) is 0 Å². The molecule has 0 aromatic carbocycles. The van der Waals surface area contributed by atoms with E-state index < -0.39 is 5.69 Å². The Morgan fingerprint density at radius 1 is 1.03 bits per heavy atom. The van der Waals surface area contributed by atoms with Gasteiger partial charge in [0, 0.05) is 19.3 Å². The van der Waals surface area contributed by atoms with E-state index in [-0.39, 0.29) is 5.56 Å². The lowest BCUT2D eigenvalue weighted by Gasteiger charge is -2.08. The molecular formula is C22H36N4O2S. The molecule has 0 fully saturated rings. The average molecular weight is 421 g/mol.